The molecule has 1 saturated heterocycles. The Morgan fingerprint density at radius 3 is 2.46 bits per heavy atom. The number of imide groups is 1. The van der Waals surface area contributed by atoms with Gasteiger partial charge in [-0.2, -0.15) is 0 Å². The number of fused-ring (bicyclic) bond motifs is 1. The van der Waals surface area contributed by atoms with Crippen molar-refractivity contribution in [1.82, 2.24) is 9.47 Å². The Kier molecular flexibility index (Phi) is 3.35. The van der Waals surface area contributed by atoms with Crippen molar-refractivity contribution in [3.05, 3.63) is 53.1 Å². The van der Waals surface area contributed by atoms with Gasteiger partial charge in [-0.15, -0.1) is 0 Å². The van der Waals surface area contributed by atoms with Crippen molar-refractivity contribution in [3.63, 3.8) is 0 Å². The van der Waals surface area contributed by atoms with Crippen molar-refractivity contribution in [3.8, 4) is 11.3 Å². The molecule has 0 saturated carbocycles. The summed E-state index contributed by atoms with van der Waals surface area (Å²) in [6, 6.07) is 13.7. The van der Waals surface area contributed by atoms with Crippen LogP contribution < -0.4 is 0 Å². The van der Waals surface area contributed by atoms with Crippen LogP contribution in [0.15, 0.2) is 51.8 Å². The van der Waals surface area contributed by atoms with Gasteiger partial charge in [0.25, 0.3) is 11.1 Å². The highest BCUT2D eigenvalue weighted by atomic mass is 32.2. The lowest BCUT2D eigenvalue weighted by molar-refractivity contribution is -0.121. The minimum atomic E-state index is -0.271. The average Bonchev–Trinajstić information content (AvgIpc) is 3.20. The number of hydrogen-bond acceptors (Lipinski definition) is 4. The summed E-state index contributed by atoms with van der Waals surface area (Å²) in [6.45, 7) is 0. The fraction of sp³-hybridized carbons (Fsp3) is 0.111. The minimum absolute atomic E-state index is 0.254. The van der Waals surface area contributed by atoms with Crippen LogP contribution in [0.2, 0.25) is 0 Å². The monoisotopic (exact) mass is 338 g/mol. The van der Waals surface area contributed by atoms with Gasteiger partial charge in [0, 0.05) is 37.5 Å². The first-order valence-corrected chi connectivity index (χ1v) is 8.22. The zero-order valence-electron chi connectivity index (χ0n) is 13.1. The predicted molar refractivity (Wildman–Crippen MR) is 94.4 cm³/mol. The lowest BCUT2D eigenvalue weighted by Crippen LogP contribution is -2.22. The lowest BCUT2D eigenvalue weighted by Gasteiger charge is -2.01. The summed E-state index contributed by atoms with van der Waals surface area (Å²) in [5, 5.41) is -0.254. The van der Waals surface area contributed by atoms with E-state index in [4.69, 9.17) is 4.42 Å². The SMILES string of the molecule is CN1C(=O)S/C(=C\c2cc3oc(-c4ccccc4)cc3n2C)C1=O. The molecule has 2 aromatic heterocycles. The van der Waals surface area contributed by atoms with Crippen LogP contribution in [-0.2, 0) is 11.8 Å². The number of likely N-dealkylation sites (N-methyl/N-ethyl adjacent to an activating group) is 1. The second kappa shape index (κ2) is 5.42. The topological polar surface area (TPSA) is 55.5 Å². The summed E-state index contributed by atoms with van der Waals surface area (Å²) in [7, 11) is 3.40. The van der Waals surface area contributed by atoms with Gasteiger partial charge in [-0.3, -0.25) is 14.5 Å². The number of nitrogens with zero attached hydrogens (tertiary/aromatic N) is 2. The quantitative estimate of drug-likeness (QED) is 0.660. The van der Waals surface area contributed by atoms with Crippen molar-refractivity contribution in [2.24, 2.45) is 7.05 Å². The molecule has 0 N–H and O–H groups in total. The van der Waals surface area contributed by atoms with E-state index >= 15 is 0 Å². The number of thioether (sulfide) groups is 1. The van der Waals surface area contributed by atoms with Gasteiger partial charge in [-0.05, 0) is 17.8 Å². The van der Waals surface area contributed by atoms with E-state index in [2.05, 4.69) is 0 Å². The normalized spacial score (nSPS) is 16.8. The molecule has 3 aromatic rings. The molecule has 3 heterocycles. The number of carbonyl (C=O) groups is 2. The Balaban J connectivity index is 1.74. The van der Waals surface area contributed by atoms with E-state index in [1.165, 1.54) is 7.05 Å². The van der Waals surface area contributed by atoms with E-state index < -0.39 is 0 Å². The Morgan fingerprint density at radius 1 is 1.08 bits per heavy atom. The summed E-state index contributed by atoms with van der Waals surface area (Å²) < 4.78 is 7.88. The molecule has 1 fully saturated rings. The first-order chi connectivity index (χ1) is 11.5. The van der Waals surface area contributed by atoms with Gasteiger partial charge in [0.1, 0.15) is 5.76 Å². The first kappa shape index (κ1) is 14.8. The maximum absolute atomic E-state index is 12.0. The zero-order valence-corrected chi connectivity index (χ0v) is 14.0. The van der Waals surface area contributed by atoms with Gasteiger partial charge >= 0.3 is 0 Å². The lowest BCUT2D eigenvalue weighted by atomic mass is 10.2. The number of amides is 2. The summed E-state index contributed by atoms with van der Waals surface area (Å²) >= 11 is 0.952. The molecule has 0 spiro atoms. The molecule has 0 radical (unpaired) electrons. The summed E-state index contributed by atoms with van der Waals surface area (Å²) in [4.78, 5) is 25.1. The number of aryl methyl sites for hydroxylation is 1. The van der Waals surface area contributed by atoms with E-state index in [-0.39, 0.29) is 11.1 Å². The summed E-state index contributed by atoms with van der Waals surface area (Å²) in [5.74, 6) is 0.532. The molecule has 2 amide bonds. The van der Waals surface area contributed by atoms with Gasteiger partial charge in [0.15, 0.2) is 5.58 Å². The molecule has 0 bridgehead atoms. The van der Waals surface area contributed by atoms with Gasteiger partial charge in [-0.1, -0.05) is 30.3 Å². The minimum Gasteiger partial charge on any atom is -0.454 e. The standard InChI is InChI=1S/C18H14N2O3S/c1-19-12(9-16-17(21)20(2)18(22)24-16)8-15-13(19)10-14(23-15)11-6-4-3-5-7-11/h3-10H,1-2H3/b16-9-. The second-order valence-corrected chi connectivity index (χ2v) is 6.59. The maximum atomic E-state index is 12.0. The van der Waals surface area contributed by atoms with E-state index in [0.29, 0.717) is 4.91 Å². The molecule has 1 aromatic carbocycles. The van der Waals surface area contributed by atoms with E-state index in [9.17, 15) is 9.59 Å². The highest BCUT2D eigenvalue weighted by molar-refractivity contribution is 8.18. The zero-order chi connectivity index (χ0) is 16.8. The summed E-state index contributed by atoms with van der Waals surface area (Å²) in [5.41, 5.74) is 3.53. The molecule has 6 heteroatoms. The van der Waals surface area contributed by atoms with Gasteiger partial charge < -0.3 is 8.98 Å². The van der Waals surface area contributed by atoms with Crippen LogP contribution in [0.3, 0.4) is 0 Å². The van der Waals surface area contributed by atoms with E-state index in [1.54, 1.807) is 6.08 Å². The van der Waals surface area contributed by atoms with Crippen LogP contribution >= 0.6 is 11.8 Å². The van der Waals surface area contributed by atoms with Crippen LogP contribution in [0.25, 0.3) is 28.5 Å². The Hall–Kier alpha value is -2.73. The number of aromatic nitrogens is 1. The van der Waals surface area contributed by atoms with Crippen LogP contribution in [0.5, 0.6) is 0 Å². The van der Waals surface area contributed by atoms with Crippen molar-refractivity contribution < 1.29 is 14.0 Å². The Bertz CT molecular complexity index is 998. The number of rotatable bonds is 2. The molecular weight excluding hydrogens is 324 g/mol. The fourth-order valence-corrected chi connectivity index (χ4v) is 3.51. The molecule has 4 rings (SSSR count). The highest BCUT2D eigenvalue weighted by Crippen LogP contribution is 2.34. The Morgan fingerprint density at radius 2 is 1.83 bits per heavy atom. The number of benzene rings is 1. The molecule has 24 heavy (non-hydrogen) atoms. The molecule has 1 aliphatic rings. The van der Waals surface area contributed by atoms with Crippen LogP contribution in [0.4, 0.5) is 4.79 Å². The third-order valence-electron chi connectivity index (χ3n) is 4.09. The molecule has 1 aliphatic heterocycles. The van der Waals surface area contributed by atoms with Crippen LogP contribution in [-0.4, -0.2) is 27.7 Å². The fourth-order valence-electron chi connectivity index (χ4n) is 2.69. The average molecular weight is 338 g/mol. The smallest absolute Gasteiger partial charge is 0.293 e. The molecule has 0 atom stereocenters. The molecule has 0 aliphatic carbocycles. The second-order valence-electron chi connectivity index (χ2n) is 5.60. The predicted octanol–water partition coefficient (Wildman–Crippen LogP) is 4.10. The first-order valence-electron chi connectivity index (χ1n) is 7.41. The third kappa shape index (κ3) is 2.27. The molecule has 120 valence electrons. The van der Waals surface area contributed by atoms with Crippen LogP contribution in [0, 0.1) is 0 Å². The third-order valence-corrected chi connectivity index (χ3v) is 5.05. The van der Waals surface area contributed by atoms with Crippen molar-refractivity contribution in [2.75, 3.05) is 7.05 Å². The molecular formula is C18H14N2O3S. The Labute approximate surface area is 142 Å². The summed E-state index contributed by atoms with van der Waals surface area (Å²) in [6.07, 6.45) is 1.73. The van der Waals surface area contributed by atoms with Gasteiger partial charge in [0.2, 0.25) is 0 Å². The van der Waals surface area contributed by atoms with Gasteiger partial charge in [-0.25, -0.2) is 0 Å². The van der Waals surface area contributed by atoms with E-state index in [1.807, 2.05) is 54.1 Å². The molecule has 0 unspecified atom stereocenters. The highest BCUT2D eigenvalue weighted by Gasteiger charge is 2.32. The maximum Gasteiger partial charge on any atom is 0.293 e. The van der Waals surface area contributed by atoms with Gasteiger partial charge in [0.05, 0.1) is 10.4 Å². The number of furan rings is 1. The van der Waals surface area contributed by atoms with Crippen molar-refractivity contribution in [2.45, 2.75) is 0 Å². The van der Waals surface area contributed by atoms with Crippen molar-refractivity contribution >= 4 is 40.1 Å². The van der Waals surface area contributed by atoms with Crippen LogP contribution in [0.1, 0.15) is 5.69 Å². The van der Waals surface area contributed by atoms with E-state index in [0.717, 1.165) is 44.8 Å². The number of carbonyl (C=O) groups excluding carboxylic acids is 2. The van der Waals surface area contributed by atoms with Crippen molar-refractivity contribution in [1.29, 1.82) is 0 Å². The number of hydrogen-bond donors (Lipinski definition) is 0. The largest absolute Gasteiger partial charge is 0.454 e. The molecule has 5 nitrogen and oxygen atoms in total.